The first-order valence-corrected chi connectivity index (χ1v) is 11.2. The summed E-state index contributed by atoms with van der Waals surface area (Å²) in [5.41, 5.74) is 8.86. The molecule has 2 amide bonds. The molecule has 3 aromatic rings. The maximum absolute atomic E-state index is 12.7. The van der Waals surface area contributed by atoms with Crippen LogP contribution in [0.5, 0.6) is 5.75 Å². The van der Waals surface area contributed by atoms with Gasteiger partial charge in [-0.05, 0) is 43.3 Å². The Kier molecular flexibility index (Phi) is 7.06. The molecule has 0 aliphatic carbocycles. The van der Waals surface area contributed by atoms with Crippen LogP contribution >= 0.6 is 23.2 Å². The van der Waals surface area contributed by atoms with Gasteiger partial charge in [-0.1, -0.05) is 53.0 Å². The molecule has 0 radical (unpaired) electrons. The Balaban J connectivity index is 1.32. The molecule has 1 saturated heterocycles. The van der Waals surface area contributed by atoms with E-state index in [1.54, 1.807) is 47.4 Å². The number of amides is 2. The van der Waals surface area contributed by atoms with E-state index in [2.05, 4.69) is 10.9 Å². The molecular formula is C25H23Cl2N3O3. The van der Waals surface area contributed by atoms with E-state index in [9.17, 15) is 9.59 Å². The lowest BCUT2D eigenvalue weighted by Gasteiger charge is -2.17. The number of halogens is 2. The van der Waals surface area contributed by atoms with E-state index in [-0.39, 0.29) is 24.8 Å². The van der Waals surface area contributed by atoms with E-state index < -0.39 is 5.92 Å². The quantitative estimate of drug-likeness (QED) is 0.442. The third-order valence-corrected chi connectivity index (χ3v) is 6.16. The third kappa shape index (κ3) is 5.59. The number of rotatable bonds is 7. The molecule has 1 heterocycles. The summed E-state index contributed by atoms with van der Waals surface area (Å²) in [7, 11) is 0. The Bertz CT molecular complexity index is 1150. The number of nitrogens with one attached hydrogen (secondary N) is 2. The van der Waals surface area contributed by atoms with Crippen LogP contribution in [-0.2, 0) is 16.2 Å². The predicted molar refractivity (Wildman–Crippen MR) is 131 cm³/mol. The van der Waals surface area contributed by atoms with Gasteiger partial charge in [-0.15, -0.1) is 0 Å². The largest absolute Gasteiger partial charge is 0.489 e. The fourth-order valence-electron chi connectivity index (χ4n) is 3.58. The van der Waals surface area contributed by atoms with Crippen molar-refractivity contribution in [2.45, 2.75) is 20.0 Å². The Morgan fingerprint density at radius 1 is 1.06 bits per heavy atom. The maximum Gasteiger partial charge on any atom is 0.243 e. The number of ether oxygens (including phenoxy) is 1. The number of hydrogen-bond acceptors (Lipinski definition) is 4. The van der Waals surface area contributed by atoms with Crippen LogP contribution < -0.4 is 20.5 Å². The predicted octanol–water partition coefficient (Wildman–Crippen LogP) is 5.38. The van der Waals surface area contributed by atoms with Crippen LogP contribution in [0, 0.1) is 12.8 Å². The summed E-state index contributed by atoms with van der Waals surface area (Å²) in [5.74, 6) is -0.153. The van der Waals surface area contributed by atoms with Crippen LogP contribution in [0.3, 0.4) is 0 Å². The fourth-order valence-corrected chi connectivity index (χ4v) is 4.09. The van der Waals surface area contributed by atoms with E-state index in [0.29, 0.717) is 33.6 Å². The van der Waals surface area contributed by atoms with Crippen molar-refractivity contribution in [1.82, 2.24) is 5.43 Å². The standard InChI is InChI=1S/C25H23Cl2N3O3/c1-16-8-10-19(11-9-16)30-14-17(12-24(30)31)25(32)29-28-18-4-2-5-20(13-18)33-15-21-22(26)6-3-7-23(21)27/h2-11,13,17,28H,12,14-15H2,1H3,(H,29,32)/t17-/m0/s1. The third-order valence-electron chi connectivity index (χ3n) is 5.45. The topological polar surface area (TPSA) is 70.7 Å². The van der Waals surface area contributed by atoms with Crippen molar-refractivity contribution < 1.29 is 14.3 Å². The number of hydrogen-bond donors (Lipinski definition) is 2. The van der Waals surface area contributed by atoms with Gasteiger partial charge in [-0.2, -0.15) is 0 Å². The van der Waals surface area contributed by atoms with Crippen LogP contribution in [0.4, 0.5) is 11.4 Å². The van der Waals surface area contributed by atoms with Crippen LogP contribution in [0.2, 0.25) is 10.0 Å². The van der Waals surface area contributed by atoms with Crippen molar-refractivity contribution in [3.05, 3.63) is 87.9 Å². The number of hydrazine groups is 1. The molecule has 8 heteroatoms. The highest BCUT2D eigenvalue weighted by atomic mass is 35.5. The zero-order chi connectivity index (χ0) is 23.4. The number of nitrogens with zero attached hydrogens (tertiary/aromatic N) is 1. The van der Waals surface area contributed by atoms with Gasteiger partial charge >= 0.3 is 0 Å². The minimum Gasteiger partial charge on any atom is -0.489 e. The van der Waals surface area contributed by atoms with Gasteiger partial charge in [0.1, 0.15) is 12.4 Å². The fraction of sp³-hybridized carbons (Fsp3) is 0.200. The molecule has 4 rings (SSSR count). The van der Waals surface area contributed by atoms with Gasteiger partial charge in [-0.3, -0.25) is 20.4 Å². The lowest BCUT2D eigenvalue weighted by atomic mass is 10.1. The Morgan fingerprint density at radius 2 is 1.76 bits per heavy atom. The molecule has 0 unspecified atom stereocenters. The number of benzene rings is 3. The van der Waals surface area contributed by atoms with Crippen LogP contribution in [0.1, 0.15) is 17.5 Å². The van der Waals surface area contributed by atoms with E-state index >= 15 is 0 Å². The van der Waals surface area contributed by atoms with Crippen molar-refractivity contribution in [3.63, 3.8) is 0 Å². The summed E-state index contributed by atoms with van der Waals surface area (Å²) in [4.78, 5) is 26.7. The summed E-state index contributed by atoms with van der Waals surface area (Å²) in [6, 6.07) is 20.1. The zero-order valence-electron chi connectivity index (χ0n) is 18.0. The van der Waals surface area contributed by atoms with Crippen molar-refractivity contribution >= 4 is 46.4 Å². The minimum absolute atomic E-state index is 0.0624. The Labute approximate surface area is 202 Å². The zero-order valence-corrected chi connectivity index (χ0v) is 19.5. The monoisotopic (exact) mass is 483 g/mol. The molecule has 0 aromatic heterocycles. The summed E-state index contributed by atoms with van der Waals surface area (Å²) < 4.78 is 5.81. The average Bonchev–Trinajstić information content (AvgIpc) is 3.19. The first-order chi connectivity index (χ1) is 15.9. The molecule has 1 fully saturated rings. The molecular weight excluding hydrogens is 461 g/mol. The number of carbonyl (C=O) groups is 2. The second kappa shape index (κ2) is 10.1. The van der Waals surface area contributed by atoms with Crippen LogP contribution in [0.15, 0.2) is 66.7 Å². The molecule has 6 nitrogen and oxygen atoms in total. The highest BCUT2D eigenvalue weighted by molar-refractivity contribution is 6.35. The van der Waals surface area contributed by atoms with E-state index in [0.717, 1.165) is 11.3 Å². The molecule has 2 N–H and O–H groups in total. The molecule has 1 aliphatic rings. The van der Waals surface area contributed by atoms with E-state index in [1.165, 1.54) is 0 Å². The van der Waals surface area contributed by atoms with Gasteiger partial charge in [0.2, 0.25) is 11.8 Å². The second-order valence-electron chi connectivity index (χ2n) is 7.87. The molecule has 0 saturated carbocycles. The molecule has 1 atom stereocenters. The minimum atomic E-state index is -0.437. The van der Waals surface area contributed by atoms with Gasteiger partial charge in [-0.25, -0.2) is 0 Å². The van der Waals surface area contributed by atoms with Gasteiger partial charge in [0.05, 0.1) is 11.6 Å². The lowest BCUT2D eigenvalue weighted by Crippen LogP contribution is -2.36. The summed E-state index contributed by atoms with van der Waals surface area (Å²) in [6.07, 6.45) is 0.170. The van der Waals surface area contributed by atoms with Crippen LogP contribution in [-0.4, -0.2) is 18.4 Å². The highest BCUT2D eigenvalue weighted by Crippen LogP contribution is 2.27. The maximum atomic E-state index is 12.7. The smallest absolute Gasteiger partial charge is 0.243 e. The molecule has 0 bridgehead atoms. The van der Waals surface area contributed by atoms with Crippen LogP contribution in [0.25, 0.3) is 0 Å². The molecule has 170 valence electrons. The molecule has 1 aliphatic heterocycles. The first kappa shape index (κ1) is 23.0. The van der Waals surface area contributed by atoms with Gasteiger partial charge in [0.25, 0.3) is 0 Å². The molecule has 0 spiro atoms. The number of carbonyl (C=O) groups excluding carboxylic acids is 2. The van der Waals surface area contributed by atoms with Gasteiger partial charge < -0.3 is 9.64 Å². The molecule has 33 heavy (non-hydrogen) atoms. The van der Waals surface area contributed by atoms with Crippen molar-refractivity contribution in [3.8, 4) is 5.75 Å². The SMILES string of the molecule is Cc1ccc(N2C[C@@H](C(=O)NNc3cccc(OCc4c(Cl)cccc4Cl)c3)CC2=O)cc1. The summed E-state index contributed by atoms with van der Waals surface area (Å²) in [6.45, 7) is 2.55. The Morgan fingerprint density at radius 3 is 2.48 bits per heavy atom. The Hall–Kier alpha value is -3.22. The highest BCUT2D eigenvalue weighted by Gasteiger charge is 2.35. The average molecular weight is 484 g/mol. The number of aryl methyl sites for hydroxylation is 1. The first-order valence-electron chi connectivity index (χ1n) is 10.5. The van der Waals surface area contributed by atoms with Crippen molar-refractivity contribution in [2.24, 2.45) is 5.92 Å². The number of anilines is 2. The summed E-state index contributed by atoms with van der Waals surface area (Å²) in [5, 5.41) is 1.07. The van der Waals surface area contributed by atoms with E-state index in [4.69, 9.17) is 27.9 Å². The van der Waals surface area contributed by atoms with Crippen molar-refractivity contribution in [2.75, 3.05) is 16.9 Å². The second-order valence-corrected chi connectivity index (χ2v) is 8.69. The normalized spacial score (nSPS) is 15.4. The van der Waals surface area contributed by atoms with Gasteiger partial charge in [0, 0.05) is 40.3 Å². The summed E-state index contributed by atoms with van der Waals surface area (Å²) >= 11 is 12.4. The molecule has 3 aromatic carbocycles. The van der Waals surface area contributed by atoms with E-state index in [1.807, 2.05) is 31.2 Å². The van der Waals surface area contributed by atoms with Gasteiger partial charge in [0.15, 0.2) is 0 Å². The van der Waals surface area contributed by atoms with Crippen molar-refractivity contribution in [1.29, 1.82) is 0 Å². The lowest BCUT2D eigenvalue weighted by molar-refractivity contribution is -0.125.